The number of carbonyl (C=O) groups is 1. The minimum atomic E-state index is -0.222. The van der Waals surface area contributed by atoms with E-state index in [1.54, 1.807) is 36.5 Å². The Bertz CT molecular complexity index is 1020. The number of benzene rings is 2. The minimum Gasteiger partial charge on any atom is -0.454 e. The van der Waals surface area contributed by atoms with Crippen LogP contribution in [0.3, 0.4) is 0 Å². The van der Waals surface area contributed by atoms with Gasteiger partial charge in [-0.05, 0) is 49.7 Å². The molecule has 1 amide bonds. The third-order valence-corrected chi connectivity index (χ3v) is 4.30. The topological polar surface area (TPSA) is 72.5 Å². The maximum Gasteiger partial charge on any atom is 0.255 e. The van der Waals surface area contributed by atoms with Crippen LogP contribution in [0.1, 0.15) is 21.5 Å². The van der Waals surface area contributed by atoms with Crippen molar-refractivity contribution in [3.63, 3.8) is 0 Å². The van der Waals surface area contributed by atoms with Crippen molar-refractivity contribution in [2.24, 2.45) is 0 Å². The molecule has 2 aromatic carbocycles. The number of anilines is 3. The Balaban J connectivity index is 1.50. The van der Waals surface area contributed by atoms with Gasteiger partial charge in [-0.1, -0.05) is 17.7 Å². The molecule has 2 N–H and O–H groups in total. The summed E-state index contributed by atoms with van der Waals surface area (Å²) >= 11 is 0. The molecule has 1 aliphatic heterocycles. The van der Waals surface area contributed by atoms with Crippen molar-refractivity contribution in [2.45, 2.75) is 13.8 Å². The predicted octanol–water partition coefficient (Wildman–Crippen LogP) is 4.42. The van der Waals surface area contributed by atoms with Crippen molar-refractivity contribution in [3.05, 3.63) is 71.4 Å². The molecule has 0 spiro atoms. The zero-order valence-electron chi connectivity index (χ0n) is 15.1. The van der Waals surface area contributed by atoms with Gasteiger partial charge in [0.25, 0.3) is 5.91 Å². The van der Waals surface area contributed by atoms with Gasteiger partial charge in [0.1, 0.15) is 5.82 Å². The summed E-state index contributed by atoms with van der Waals surface area (Å²) in [6, 6.07) is 14.8. The van der Waals surface area contributed by atoms with Crippen molar-refractivity contribution in [1.82, 2.24) is 4.98 Å². The molecule has 6 nitrogen and oxygen atoms in total. The number of nitrogens with one attached hydrogen (secondary N) is 2. The van der Waals surface area contributed by atoms with Gasteiger partial charge >= 0.3 is 0 Å². The summed E-state index contributed by atoms with van der Waals surface area (Å²) in [6.07, 6.45) is 1.61. The highest BCUT2D eigenvalue weighted by molar-refractivity contribution is 6.04. The Morgan fingerprint density at radius 3 is 2.70 bits per heavy atom. The highest BCUT2D eigenvalue weighted by atomic mass is 16.7. The third-order valence-electron chi connectivity index (χ3n) is 4.30. The standard InChI is InChI=1S/C21H19N3O3/c1-13-3-5-17(14(2)9-13)24-20-10-15(7-8-22-20)21(25)23-16-4-6-18-19(11-16)27-12-26-18/h3-11H,12H2,1-2H3,(H,22,24)(H,23,25). The lowest BCUT2D eigenvalue weighted by atomic mass is 10.1. The van der Waals surface area contributed by atoms with Gasteiger partial charge in [-0.15, -0.1) is 0 Å². The van der Waals surface area contributed by atoms with Crippen LogP contribution in [-0.2, 0) is 0 Å². The van der Waals surface area contributed by atoms with E-state index in [-0.39, 0.29) is 12.7 Å². The first-order valence-electron chi connectivity index (χ1n) is 8.60. The largest absolute Gasteiger partial charge is 0.454 e. The summed E-state index contributed by atoms with van der Waals surface area (Å²) in [5.41, 5.74) is 4.43. The summed E-state index contributed by atoms with van der Waals surface area (Å²) in [4.78, 5) is 16.9. The first-order valence-corrected chi connectivity index (χ1v) is 8.60. The molecule has 0 atom stereocenters. The van der Waals surface area contributed by atoms with E-state index in [0.29, 0.717) is 28.6 Å². The second kappa shape index (κ2) is 6.99. The average Bonchev–Trinajstić information content (AvgIpc) is 3.12. The fourth-order valence-corrected chi connectivity index (χ4v) is 2.91. The van der Waals surface area contributed by atoms with E-state index in [1.165, 1.54) is 5.56 Å². The highest BCUT2D eigenvalue weighted by Crippen LogP contribution is 2.34. The molecular weight excluding hydrogens is 342 g/mol. The first-order chi connectivity index (χ1) is 13.1. The molecular formula is C21H19N3O3. The zero-order valence-corrected chi connectivity index (χ0v) is 15.1. The number of ether oxygens (including phenoxy) is 2. The van der Waals surface area contributed by atoms with Crippen molar-refractivity contribution >= 4 is 23.1 Å². The van der Waals surface area contributed by atoms with Crippen LogP contribution in [0.4, 0.5) is 17.2 Å². The number of carbonyl (C=O) groups excluding carboxylic acids is 1. The van der Waals surface area contributed by atoms with Gasteiger partial charge in [-0.2, -0.15) is 0 Å². The molecule has 2 heterocycles. The van der Waals surface area contributed by atoms with E-state index in [9.17, 15) is 4.79 Å². The van der Waals surface area contributed by atoms with Gasteiger partial charge in [0.15, 0.2) is 11.5 Å². The third kappa shape index (κ3) is 3.69. The van der Waals surface area contributed by atoms with Crippen molar-refractivity contribution in [3.8, 4) is 11.5 Å². The normalized spacial score (nSPS) is 11.9. The first kappa shape index (κ1) is 16.9. The van der Waals surface area contributed by atoms with Crippen LogP contribution in [0, 0.1) is 13.8 Å². The van der Waals surface area contributed by atoms with Crippen molar-refractivity contribution < 1.29 is 14.3 Å². The molecule has 3 aromatic rings. The number of pyridine rings is 1. The summed E-state index contributed by atoms with van der Waals surface area (Å²) < 4.78 is 10.6. The maximum atomic E-state index is 12.6. The van der Waals surface area contributed by atoms with Gasteiger partial charge < -0.3 is 20.1 Å². The Kier molecular flexibility index (Phi) is 4.38. The lowest BCUT2D eigenvalue weighted by molar-refractivity contribution is 0.102. The predicted molar refractivity (Wildman–Crippen MR) is 104 cm³/mol. The zero-order chi connectivity index (χ0) is 18.8. The second-order valence-corrected chi connectivity index (χ2v) is 6.40. The molecule has 136 valence electrons. The fraction of sp³-hybridized carbons (Fsp3) is 0.143. The molecule has 0 saturated carbocycles. The average molecular weight is 361 g/mol. The molecule has 0 unspecified atom stereocenters. The molecule has 4 rings (SSSR count). The maximum absolute atomic E-state index is 12.6. The number of nitrogens with zero attached hydrogens (tertiary/aromatic N) is 1. The van der Waals surface area contributed by atoms with Crippen LogP contribution in [0.5, 0.6) is 11.5 Å². The Labute approximate surface area is 157 Å². The van der Waals surface area contributed by atoms with Crippen LogP contribution in [0.15, 0.2) is 54.7 Å². The number of aryl methyl sites for hydroxylation is 2. The van der Waals surface area contributed by atoms with Crippen molar-refractivity contribution in [1.29, 1.82) is 0 Å². The molecule has 6 heteroatoms. The lowest BCUT2D eigenvalue weighted by Crippen LogP contribution is -2.12. The second-order valence-electron chi connectivity index (χ2n) is 6.40. The number of amides is 1. The number of fused-ring (bicyclic) bond motifs is 1. The SMILES string of the molecule is Cc1ccc(Nc2cc(C(=O)Nc3ccc4c(c3)OCO4)ccn2)c(C)c1. The quantitative estimate of drug-likeness (QED) is 0.719. The molecule has 0 fully saturated rings. The van der Waals surface area contributed by atoms with Crippen molar-refractivity contribution in [2.75, 3.05) is 17.4 Å². The van der Waals surface area contributed by atoms with E-state index in [1.807, 2.05) is 19.1 Å². The van der Waals surface area contributed by atoms with E-state index in [4.69, 9.17) is 9.47 Å². The molecule has 0 bridgehead atoms. The molecule has 1 aromatic heterocycles. The summed E-state index contributed by atoms with van der Waals surface area (Å²) in [7, 11) is 0. The Morgan fingerprint density at radius 2 is 1.85 bits per heavy atom. The van der Waals surface area contributed by atoms with Gasteiger partial charge in [0, 0.05) is 29.2 Å². The van der Waals surface area contributed by atoms with Crippen LogP contribution in [0.2, 0.25) is 0 Å². The Hall–Kier alpha value is -3.54. The fourth-order valence-electron chi connectivity index (χ4n) is 2.91. The number of rotatable bonds is 4. The van der Waals surface area contributed by atoms with Gasteiger partial charge in [-0.3, -0.25) is 4.79 Å². The summed E-state index contributed by atoms with van der Waals surface area (Å²) in [6.45, 7) is 4.28. The highest BCUT2D eigenvalue weighted by Gasteiger charge is 2.15. The van der Waals surface area contributed by atoms with E-state index >= 15 is 0 Å². The minimum absolute atomic E-state index is 0.199. The van der Waals surface area contributed by atoms with Gasteiger partial charge in [-0.25, -0.2) is 4.98 Å². The molecule has 0 radical (unpaired) electrons. The summed E-state index contributed by atoms with van der Waals surface area (Å²) in [5.74, 6) is 1.69. The molecule has 0 saturated heterocycles. The lowest BCUT2D eigenvalue weighted by Gasteiger charge is -2.11. The molecule has 27 heavy (non-hydrogen) atoms. The van der Waals surface area contributed by atoms with Crippen LogP contribution in [0.25, 0.3) is 0 Å². The van der Waals surface area contributed by atoms with E-state index in [0.717, 1.165) is 11.3 Å². The Morgan fingerprint density at radius 1 is 1.00 bits per heavy atom. The van der Waals surface area contributed by atoms with Crippen LogP contribution < -0.4 is 20.1 Å². The summed E-state index contributed by atoms with van der Waals surface area (Å²) in [5, 5.41) is 6.13. The van der Waals surface area contributed by atoms with E-state index < -0.39 is 0 Å². The number of aromatic nitrogens is 1. The number of hydrogen-bond donors (Lipinski definition) is 2. The van der Waals surface area contributed by atoms with Crippen LogP contribution in [-0.4, -0.2) is 17.7 Å². The smallest absolute Gasteiger partial charge is 0.255 e. The molecule has 0 aliphatic carbocycles. The van der Waals surface area contributed by atoms with Gasteiger partial charge in [0.05, 0.1) is 0 Å². The molecule has 1 aliphatic rings. The van der Waals surface area contributed by atoms with Gasteiger partial charge in [0.2, 0.25) is 6.79 Å². The number of hydrogen-bond acceptors (Lipinski definition) is 5. The van der Waals surface area contributed by atoms with Crippen LogP contribution >= 0.6 is 0 Å². The van der Waals surface area contributed by atoms with E-state index in [2.05, 4.69) is 28.6 Å². The monoisotopic (exact) mass is 361 g/mol.